The average molecular weight is 422 g/mol. The predicted molar refractivity (Wildman–Crippen MR) is 123 cm³/mol. The molecule has 156 valence electrons. The van der Waals surface area contributed by atoms with Crippen LogP contribution in [0.15, 0.2) is 73.2 Å². The minimum Gasteiger partial charge on any atom is -0.355 e. The van der Waals surface area contributed by atoms with Crippen molar-refractivity contribution in [1.29, 1.82) is 0 Å². The second-order valence-corrected chi connectivity index (χ2v) is 6.92. The molecule has 0 spiro atoms. The summed E-state index contributed by atoms with van der Waals surface area (Å²) in [4.78, 5) is 20.9. The topological polar surface area (TPSA) is 124 Å². The van der Waals surface area contributed by atoms with Gasteiger partial charge in [0.05, 0.1) is 28.2 Å². The van der Waals surface area contributed by atoms with E-state index in [2.05, 4.69) is 41.0 Å². The van der Waals surface area contributed by atoms with E-state index in [1.807, 2.05) is 60.7 Å². The maximum atomic E-state index is 12.7. The molecule has 4 N–H and O–H groups in total. The van der Waals surface area contributed by atoms with Gasteiger partial charge in [-0.05, 0) is 54.6 Å². The highest BCUT2D eigenvalue weighted by molar-refractivity contribution is 6.07. The Labute approximate surface area is 182 Å². The molecule has 0 aliphatic carbocycles. The average Bonchev–Trinajstić information content (AvgIpc) is 3.48. The fourth-order valence-corrected chi connectivity index (χ4v) is 3.27. The Balaban J connectivity index is 1.37. The molecule has 0 saturated carbocycles. The summed E-state index contributed by atoms with van der Waals surface area (Å²) in [7, 11) is 0. The van der Waals surface area contributed by atoms with Crippen molar-refractivity contribution in [2.45, 2.75) is 0 Å². The van der Waals surface area contributed by atoms with Crippen LogP contribution >= 0.6 is 0 Å². The smallest absolute Gasteiger partial charge is 0.260 e. The number of rotatable bonds is 6. The number of para-hydroxylation sites is 1. The number of fused-ring (bicyclic) bond motifs is 1. The first kappa shape index (κ1) is 19.2. The highest BCUT2D eigenvalue weighted by Gasteiger charge is 2.13. The van der Waals surface area contributed by atoms with Gasteiger partial charge in [0.2, 0.25) is 5.95 Å². The summed E-state index contributed by atoms with van der Waals surface area (Å²) in [5.41, 5.74) is 4.53. The van der Waals surface area contributed by atoms with E-state index in [1.54, 1.807) is 18.3 Å². The monoisotopic (exact) mass is 422 g/mol. The molecule has 5 rings (SSSR count). The number of carbonyl (C=O) groups is 1. The number of hydrogen-bond donors (Lipinski definition) is 4. The number of benzene rings is 2. The van der Waals surface area contributed by atoms with E-state index >= 15 is 0 Å². The van der Waals surface area contributed by atoms with Crippen molar-refractivity contribution in [3.05, 3.63) is 90.1 Å². The van der Waals surface area contributed by atoms with E-state index in [0.29, 0.717) is 11.3 Å². The fraction of sp³-hybridized carbons (Fsp3) is 0. The minimum absolute atomic E-state index is 0.287. The molecule has 32 heavy (non-hydrogen) atoms. The van der Waals surface area contributed by atoms with Crippen molar-refractivity contribution in [1.82, 2.24) is 30.4 Å². The molecular formula is C23H18N8O. The molecule has 0 saturated heterocycles. The second kappa shape index (κ2) is 8.52. The number of hydrogen-bond acceptors (Lipinski definition) is 6. The normalized spacial score (nSPS) is 11.1. The molecule has 5 aromatic rings. The van der Waals surface area contributed by atoms with Crippen LogP contribution in [0, 0.1) is 0 Å². The number of anilines is 3. The molecule has 0 bridgehead atoms. The third-order valence-corrected chi connectivity index (χ3v) is 4.79. The number of carbonyl (C=O) groups excluding carboxylic acids is 1. The lowest BCUT2D eigenvalue weighted by molar-refractivity contribution is 0.102. The molecule has 0 aliphatic heterocycles. The number of amides is 1. The van der Waals surface area contributed by atoms with Gasteiger partial charge in [-0.15, -0.1) is 0 Å². The molecule has 1 amide bonds. The van der Waals surface area contributed by atoms with Gasteiger partial charge < -0.3 is 5.32 Å². The predicted octanol–water partition coefficient (Wildman–Crippen LogP) is 4.24. The highest BCUT2D eigenvalue weighted by Crippen LogP contribution is 2.26. The molecule has 9 nitrogen and oxygen atoms in total. The van der Waals surface area contributed by atoms with E-state index in [-0.39, 0.29) is 11.9 Å². The summed E-state index contributed by atoms with van der Waals surface area (Å²) in [5.74, 6) is -0.00983. The molecule has 9 heteroatoms. The summed E-state index contributed by atoms with van der Waals surface area (Å²) in [6, 6.07) is 18.9. The van der Waals surface area contributed by atoms with Crippen LogP contribution < -0.4 is 10.6 Å². The quantitative estimate of drug-likeness (QED) is 0.324. The van der Waals surface area contributed by atoms with Crippen LogP contribution in [-0.2, 0) is 0 Å². The largest absolute Gasteiger partial charge is 0.355 e. The van der Waals surface area contributed by atoms with E-state index < -0.39 is 0 Å². The maximum absolute atomic E-state index is 12.7. The van der Waals surface area contributed by atoms with Gasteiger partial charge in [0.15, 0.2) is 0 Å². The first-order valence-corrected chi connectivity index (χ1v) is 9.86. The van der Waals surface area contributed by atoms with Gasteiger partial charge in [-0.25, -0.2) is 5.10 Å². The highest BCUT2D eigenvalue weighted by atomic mass is 16.1. The summed E-state index contributed by atoms with van der Waals surface area (Å²) in [6.45, 7) is 0. The Morgan fingerprint density at radius 2 is 1.84 bits per heavy atom. The van der Waals surface area contributed by atoms with Gasteiger partial charge >= 0.3 is 0 Å². The SMILES string of the molecule is O=C(Nc1ncn[nH]1)c1ccccc1Nc1ccc2c(/C=C/c3ccccn3)n[nH]c2c1. The van der Waals surface area contributed by atoms with Crippen LogP contribution in [-0.4, -0.2) is 36.3 Å². The maximum Gasteiger partial charge on any atom is 0.260 e. The third kappa shape index (κ3) is 4.08. The Hall–Kier alpha value is -4.79. The van der Waals surface area contributed by atoms with Crippen LogP contribution in [0.3, 0.4) is 0 Å². The molecule has 0 radical (unpaired) electrons. The number of H-pyrrole nitrogens is 2. The van der Waals surface area contributed by atoms with Crippen LogP contribution in [0.1, 0.15) is 21.7 Å². The van der Waals surface area contributed by atoms with Crippen LogP contribution in [0.5, 0.6) is 0 Å². The van der Waals surface area contributed by atoms with Gasteiger partial charge in [-0.3, -0.25) is 20.2 Å². The zero-order chi connectivity index (χ0) is 21.8. The zero-order valence-electron chi connectivity index (χ0n) is 16.8. The van der Waals surface area contributed by atoms with Crippen LogP contribution in [0.2, 0.25) is 0 Å². The fourth-order valence-electron chi connectivity index (χ4n) is 3.27. The molecule has 3 heterocycles. The molecule has 0 aliphatic rings. The lowest BCUT2D eigenvalue weighted by atomic mass is 10.1. The van der Waals surface area contributed by atoms with Crippen molar-refractivity contribution < 1.29 is 4.79 Å². The van der Waals surface area contributed by atoms with Gasteiger partial charge in [0.25, 0.3) is 5.91 Å². The van der Waals surface area contributed by atoms with Crippen LogP contribution in [0.25, 0.3) is 23.1 Å². The van der Waals surface area contributed by atoms with Crippen molar-refractivity contribution in [3.8, 4) is 0 Å². The minimum atomic E-state index is -0.297. The van der Waals surface area contributed by atoms with Crippen molar-refractivity contribution in [2.24, 2.45) is 0 Å². The van der Waals surface area contributed by atoms with E-state index in [9.17, 15) is 4.79 Å². The summed E-state index contributed by atoms with van der Waals surface area (Å²) in [6.07, 6.45) is 6.94. The molecule has 0 unspecified atom stereocenters. The standard InChI is InChI=1S/C23H18N8O/c32-22(28-23-25-14-26-31-23)18-6-1-2-7-19(18)27-16-8-10-17-20(29-30-21(17)13-16)11-9-15-5-3-4-12-24-15/h1-14,27H,(H,29,30)(H2,25,26,28,31,32)/b11-9+. The Morgan fingerprint density at radius 1 is 0.938 bits per heavy atom. The molecular weight excluding hydrogens is 404 g/mol. The number of nitrogens with one attached hydrogen (secondary N) is 4. The summed E-state index contributed by atoms with van der Waals surface area (Å²) >= 11 is 0. The molecule has 0 atom stereocenters. The molecule has 2 aromatic carbocycles. The summed E-state index contributed by atoms with van der Waals surface area (Å²) < 4.78 is 0. The van der Waals surface area contributed by atoms with Gasteiger partial charge in [-0.2, -0.15) is 15.2 Å². The zero-order valence-corrected chi connectivity index (χ0v) is 16.8. The summed E-state index contributed by atoms with van der Waals surface area (Å²) in [5, 5.41) is 20.8. The molecule has 0 fully saturated rings. The lowest BCUT2D eigenvalue weighted by Gasteiger charge is -2.11. The van der Waals surface area contributed by atoms with Crippen molar-refractivity contribution in [3.63, 3.8) is 0 Å². The van der Waals surface area contributed by atoms with Crippen LogP contribution in [0.4, 0.5) is 17.3 Å². The van der Waals surface area contributed by atoms with E-state index in [4.69, 9.17) is 0 Å². The number of aromatic amines is 2. The van der Waals surface area contributed by atoms with E-state index in [1.165, 1.54) is 6.33 Å². The number of pyridine rings is 1. The lowest BCUT2D eigenvalue weighted by Crippen LogP contribution is -2.14. The molecule has 3 aromatic heterocycles. The van der Waals surface area contributed by atoms with Crippen molar-refractivity contribution in [2.75, 3.05) is 10.6 Å². The first-order valence-electron chi connectivity index (χ1n) is 9.86. The first-order chi connectivity index (χ1) is 15.8. The Kier molecular flexibility index (Phi) is 5.11. The van der Waals surface area contributed by atoms with E-state index in [0.717, 1.165) is 28.0 Å². The third-order valence-electron chi connectivity index (χ3n) is 4.79. The Bertz CT molecular complexity index is 1390. The Morgan fingerprint density at radius 3 is 2.69 bits per heavy atom. The van der Waals surface area contributed by atoms with Gasteiger partial charge in [-0.1, -0.05) is 18.2 Å². The van der Waals surface area contributed by atoms with Gasteiger partial charge in [0, 0.05) is 17.3 Å². The second-order valence-electron chi connectivity index (χ2n) is 6.92. The number of aromatic nitrogens is 6. The number of nitrogens with zero attached hydrogens (tertiary/aromatic N) is 4. The van der Waals surface area contributed by atoms with Gasteiger partial charge in [0.1, 0.15) is 6.33 Å². The van der Waals surface area contributed by atoms with Crippen molar-refractivity contribution >= 4 is 46.3 Å².